The average Bonchev–Trinajstić information content (AvgIpc) is 3.77. The SMILES string of the molecule is O=C(NC(CO)c1ccc(S(=O)(=O)C2CC2)cc1)c1ccc2c(c1)cc(Cc1ccc(Cl)cc1C(F)(F)F)n2CCF. The second kappa shape index (κ2) is 11.7. The predicted molar refractivity (Wildman–Crippen MR) is 151 cm³/mol. The van der Waals surface area contributed by atoms with Crippen molar-refractivity contribution >= 4 is 38.2 Å². The molecule has 1 aromatic heterocycles. The van der Waals surface area contributed by atoms with E-state index in [0.717, 1.165) is 6.07 Å². The molecule has 0 radical (unpaired) electrons. The van der Waals surface area contributed by atoms with Crippen molar-refractivity contribution in [2.24, 2.45) is 0 Å². The highest BCUT2D eigenvalue weighted by atomic mass is 35.5. The number of fused-ring (bicyclic) bond motifs is 1. The highest BCUT2D eigenvalue weighted by molar-refractivity contribution is 7.92. The number of benzene rings is 3. The summed E-state index contributed by atoms with van der Waals surface area (Å²) in [5, 5.41) is 12.8. The third-order valence-corrected chi connectivity index (χ3v) is 9.88. The molecule has 4 aromatic rings. The van der Waals surface area contributed by atoms with Crippen molar-refractivity contribution < 1.29 is 35.9 Å². The summed E-state index contributed by atoms with van der Waals surface area (Å²) >= 11 is 5.81. The van der Waals surface area contributed by atoms with Gasteiger partial charge in [0.1, 0.15) is 6.67 Å². The highest BCUT2D eigenvalue weighted by Crippen LogP contribution is 2.36. The van der Waals surface area contributed by atoms with E-state index >= 15 is 0 Å². The minimum Gasteiger partial charge on any atom is -0.394 e. The minimum atomic E-state index is -4.63. The zero-order valence-electron chi connectivity index (χ0n) is 22.2. The van der Waals surface area contributed by atoms with E-state index in [0.29, 0.717) is 35.0 Å². The summed E-state index contributed by atoms with van der Waals surface area (Å²) in [6.45, 7) is -1.27. The number of aliphatic hydroxyl groups excluding tert-OH is 1. The average molecular weight is 623 g/mol. The van der Waals surface area contributed by atoms with Crippen molar-refractivity contribution in [3.8, 4) is 0 Å². The Bertz CT molecular complexity index is 1730. The predicted octanol–water partition coefficient (Wildman–Crippen LogP) is 6.27. The maximum atomic E-state index is 13.7. The molecule has 0 bridgehead atoms. The van der Waals surface area contributed by atoms with E-state index in [-0.39, 0.29) is 39.3 Å². The van der Waals surface area contributed by atoms with E-state index in [2.05, 4.69) is 5.32 Å². The van der Waals surface area contributed by atoms with Crippen molar-refractivity contribution in [1.82, 2.24) is 9.88 Å². The fraction of sp³-hybridized carbons (Fsp3) is 0.300. The van der Waals surface area contributed by atoms with Gasteiger partial charge in [0.25, 0.3) is 5.91 Å². The normalized spacial score (nSPS) is 14.7. The number of amides is 1. The van der Waals surface area contributed by atoms with Gasteiger partial charge in [0.05, 0.1) is 34.9 Å². The molecule has 1 aliphatic carbocycles. The second-order valence-corrected chi connectivity index (χ2v) is 12.9. The van der Waals surface area contributed by atoms with Crippen molar-refractivity contribution in [1.29, 1.82) is 0 Å². The van der Waals surface area contributed by atoms with Crippen LogP contribution >= 0.6 is 11.6 Å². The first kappa shape index (κ1) is 30.1. The molecule has 1 amide bonds. The summed E-state index contributed by atoms with van der Waals surface area (Å²) < 4.78 is 81.0. The van der Waals surface area contributed by atoms with Crippen LogP contribution in [0, 0.1) is 0 Å². The molecular formula is C30H27ClF4N2O4S. The van der Waals surface area contributed by atoms with E-state index in [1.165, 1.54) is 30.3 Å². The second-order valence-electron chi connectivity index (χ2n) is 10.2. The molecule has 1 fully saturated rings. The lowest BCUT2D eigenvalue weighted by Gasteiger charge is -2.17. The Hall–Kier alpha value is -3.41. The van der Waals surface area contributed by atoms with Crippen molar-refractivity contribution in [3.05, 3.63) is 99.7 Å². The molecule has 1 atom stereocenters. The Balaban J connectivity index is 1.40. The molecule has 1 aliphatic rings. The van der Waals surface area contributed by atoms with Crippen LogP contribution in [0.2, 0.25) is 5.02 Å². The van der Waals surface area contributed by atoms with Crippen LogP contribution in [0.4, 0.5) is 17.6 Å². The molecule has 12 heteroatoms. The Labute approximate surface area is 244 Å². The molecule has 6 nitrogen and oxygen atoms in total. The highest BCUT2D eigenvalue weighted by Gasteiger charge is 2.37. The standard InChI is InChI=1S/C30H27ClF4N2O4S/c31-22-5-1-19(26(16-22)30(33,34)35)14-23-15-21-13-20(4-10-28(21)37(23)12-11-32)29(39)36-27(17-38)18-2-6-24(7-3-18)42(40,41)25-8-9-25/h1-7,10,13,15-16,25,27,38H,8-9,11-12,14,17H2,(H,36,39). The maximum absolute atomic E-state index is 13.7. The lowest BCUT2D eigenvalue weighted by atomic mass is 10.0. The number of aryl methyl sites for hydroxylation is 1. The van der Waals surface area contributed by atoms with Gasteiger partial charge < -0.3 is 15.0 Å². The Morgan fingerprint density at radius 1 is 1.05 bits per heavy atom. The first-order valence-electron chi connectivity index (χ1n) is 13.2. The topological polar surface area (TPSA) is 88.4 Å². The van der Waals surface area contributed by atoms with Crippen molar-refractivity contribution in [3.63, 3.8) is 0 Å². The van der Waals surface area contributed by atoms with Crippen LogP contribution in [0.1, 0.15) is 51.6 Å². The van der Waals surface area contributed by atoms with Gasteiger partial charge in [-0.1, -0.05) is 29.8 Å². The van der Waals surface area contributed by atoms with Crippen molar-refractivity contribution in [2.75, 3.05) is 13.3 Å². The third-order valence-electron chi connectivity index (χ3n) is 7.37. The molecular weight excluding hydrogens is 596 g/mol. The van der Waals surface area contributed by atoms with E-state index in [4.69, 9.17) is 11.6 Å². The van der Waals surface area contributed by atoms with Gasteiger partial charge in [0, 0.05) is 33.6 Å². The molecule has 1 saturated carbocycles. The van der Waals surface area contributed by atoms with Crippen LogP contribution in [-0.4, -0.2) is 42.5 Å². The Morgan fingerprint density at radius 2 is 1.76 bits per heavy atom. The van der Waals surface area contributed by atoms with Gasteiger partial charge >= 0.3 is 6.18 Å². The Morgan fingerprint density at radius 3 is 2.38 bits per heavy atom. The molecule has 3 aromatic carbocycles. The largest absolute Gasteiger partial charge is 0.416 e. The third kappa shape index (κ3) is 6.18. The number of sulfone groups is 1. The van der Waals surface area contributed by atoms with E-state index < -0.39 is 46.8 Å². The fourth-order valence-corrected chi connectivity index (χ4v) is 6.89. The van der Waals surface area contributed by atoms with Gasteiger partial charge in [-0.15, -0.1) is 0 Å². The van der Waals surface area contributed by atoms with Gasteiger partial charge in [-0.3, -0.25) is 4.79 Å². The summed E-state index contributed by atoms with van der Waals surface area (Å²) in [5.74, 6) is -0.525. The number of aromatic nitrogens is 1. The summed E-state index contributed by atoms with van der Waals surface area (Å²) in [6.07, 6.45) is -3.49. The van der Waals surface area contributed by atoms with Gasteiger partial charge in [-0.05, 0) is 72.5 Å². The number of hydrogen-bond donors (Lipinski definition) is 2. The molecule has 0 saturated heterocycles. The minimum absolute atomic E-state index is 0.0190. The number of carbonyl (C=O) groups excluding carboxylic acids is 1. The van der Waals surface area contributed by atoms with Crippen LogP contribution in [-0.2, 0) is 29.0 Å². The molecule has 1 unspecified atom stereocenters. The number of alkyl halides is 4. The number of nitrogens with zero attached hydrogens (tertiary/aromatic N) is 1. The van der Waals surface area contributed by atoms with Gasteiger partial charge in [-0.25, -0.2) is 12.8 Å². The van der Waals surface area contributed by atoms with Crippen LogP contribution in [0.25, 0.3) is 10.9 Å². The smallest absolute Gasteiger partial charge is 0.394 e. The molecule has 1 heterocycles. The summed E-state index contributed by atoms with van der Waals surface area (Å²) in [7, 11) is -3.38. The lowest BCUT2D eigenvalue weighted by molar-refractivity contribution is -0.138. The van der Waals surface area contributed by atoms with E-state index in [9.17, 15) is 35.9 Å². The number of rotatable bonds is 10. The number of halogens is 5. The monoisotopic (exact) mass is 622 g/mol. The van der Waals surface area contributed by atoms with Crippen LogP contribution in [0.5, 0.6) is 0 Å². The Kier molecular flexibility index (Phi) is 8.37. The molecule has 2 N–H and O–H groups in total. The van der Waals surface area contributed by atoms with Crippen LogP contribution in [0.3, 0.4) is 0 Å². The van der Waals surface area contributed by atoms with Gasteiger partial charge in [0.15, 0.2) is 9.84 Å². The lowest BCUT2D eigenvalue weighted by Crippen LogP contribution is -2.30. The summed E-state index contributed by atoms with van der Waals surface area (Å²) in [6, 6.07) is 15.0. The number of nitrogens with one attached hydrogen (secondary N) is 1. The zero-order chi connectivity index (χ0) is 30.2. The quantitative estimate of drug-likeness (QED) is 0.204. The number of carbonyl (C=O) groups is 1. The fourth-order valence-electron chi connectivity index (χ4n) is 5.06. The molecule has 0 spiro atoms. The first-order valence-corrected chi connectivity index (χ1v) is 15.1. The molecule has 222 valence electrons. The molecule has 5 rings (SSSR count). The van der Waals surface area contributed by atoms with Crippen molar-refractivity contribution in [2.45, 2.75) is 48.2 Å². The molecule has 0 aliphatic heterocycles. The van der Waals surface area contributed by atoms with E-state index in [1.807, 2.05) is 0 Å². The molecule has 42 heavy (non-hydrogen) atoms. The van der Waals surface area contributed by atoms with Crippen LogP contribution in [0.15, 0.2) is 71.6 Å². The van der Waals surface area contributed by atoms with Gasteiger partial charge in [-0.2, -0.15) is 13.2 Å². The summed E-state index contributed by atoms with van der Waals surface area (Å²) in [4.78, 5) is 13.3. The van der Waals surface area contributed by atoms with Crippen LogP contribution < -0.4 is 5.32 Å². The number of aliphatic hydroxyl groups is 1. The summed E-state index contributed by atoms with van der Waals surface area (Å²) in [5.41, 5.74) is 0.826. The zero-order valence-corrected chi connectivity index (χ0v) is 23.7. The number of hydrogen-bond acceptors (Lipinski definition) is 4. The maximum Gasteiger partial charge on any atom is 0.416 e. The first-order chi connectivity index (χ1) is 19.9. The van der Waals surface area contributed by atoms with E-state index in [1.54, 1.807) is 34.9 Å². The van der Waals surface area contributed by atoms with Gasteiger partial charge in [0.2, 0.25) is 0 Å².